The highest BCUT2D eigenvalue weighted by atomic mass is 19.2. The number of nitrogens with zero attached hydrogens (tertiary/aromatic N) is 1. The van der Waals surface area contributed by atoms with E-state index in [1.165, 1.54) is 0 Å². The van der Waals surface area contributed by atoms with Crippen LogP contribution in [0.4, 0.5) is 22.0 Å². The smallest absolute Gasteiger partial charge is 0.200 e. The molecular weight excluding hydrogens is 181 g/mol. The van der Waals surface area contributed by atoms with E-state index in [4.69, 9.17) is 0 Å². The van der Waals surface area contributed by atoms with Crippen LogP contribution in [-0.2, 0) is 0 Å². The van der Waals surface area contributed by atoms with Crippen molar-refractivity contribution < 1.29 is 22.0 Å². The summed E-state index contributed by atoms with van der Waals surface area (Å²) in [5, 5.41) is 0. The molecule has 0 unspecified atom stereocenters. The van der Waals surface area contributed by atoms with Crippen LogP contribution < -0.4 is 0 Å². The molecule has 0 N–H and O–H groups in total. The molecule has 0 aliphatic carbocycles. The Morgan fingerprint density at radius 1 is 0.833 bits per heavy atom. The lowest BCUT2D eigenvalue weighted by Gasteiger charge is -1.91. The van der Waals surface area contributed by atoms with E-state index in [1.54, 1.807) is 0 Å². The normalized spacial score (nSPS) is 18.2. The maximum atomic E-state index is 12.2. The van der Waals surface area contributed by atoms with Gasteiger partial charge in [-0.05, 0) is 0 Å². The molecule has 0 aromatic carbocycles. The Morgan fingerprint density at radius 3 is 2.00 bits per heavy atom. The Labute approximate surface area is 63.2 Å². The van der Waals surface area contributed by atoms with Crippen LogP contribution in [0.5, 0.6) is 0 Å². The van der Waals surface area contributed by atoms with E-state index in [0.717, 1.165) is 5.87 Å². The monoisotopic (exact) mass is 181 g/mol. The molecule has 0 radical (unpaired) electrons. The third-order valence-electron chi connectivity index (χ3n) is 1.01. The summed E-state index contributed by atoms with van der Waals surface area (Å²) in [5.74, 6) is -9.27. The minimum Gasteiger partial charge on any atom is -0.200 e. The summed E-state index contributed by atoms with van der Waals surface area (Å²) in [6, 6.07) is 0. The Kier molecular flexibility index (Phi) is 2.10. The van der Waals surface area contributed by atoms with E-state index >= 15 is 0 Å². The second-order valence-electron chi connectivity index (χ2n) is 1.77. The van der Waals surface area contributed by atoms with Gasteiger partial charge in [0.1, 0.15) is 0 Å². The number of aliphatic imine (C=N–C) groups is 1. The Hall–Kier alpha value is -1.42. The lowest BCUT2D eigenvalue weighted by Crippen LogP contribution is -1.83. The van der Waals surface area contributed by atoms with Crippen molar-refractivity contribution in [3.63, 3.8) is 0 Å². The van der Waals surface area contributed by atoms with Crippen molar-refractivity contribution in [3.8, 4) is 0 Å². The molecule has 1 rings (SSSR count). The highest BCUT2D eigenvalue weighted by molar-refractivity contribution is 5.64. The Bertz CT molecular complexity index is 345. The minimum absolute atomic E-state index is 1.13. The molecule has 0 atom stereocenters. The van der Waals surface area contributed by atoms with E-state index < -0.39 is 29.3 Å². The second-order valence-corrected chi connectivity index (χ2v) is 1.77. The number of rotatable bonds is 0. The molecule has 1 heterocycles. The second kappa shape index (κ2) is 2.91. The van der Waals surface area contributed by atoms with Crippen LogP contribution in [0.2, 0.25) is 0 Å². The van der Waals surface area contributed by atoms with Crippen LogP contribution in [0.1, 0.15) is 0 Å². The number of hydrogen-bond acceptors (Lipinski definition) is 1. The Morgan fingerprint density at radius 2 is 1.42 bits per heavy atom. The van der Waals surface area contributed by atoms with Crippen LogP contribution in [0.3, 0.4) is 0 Å². The van der Waals surface area contributed by atoms with Crippen molar-refractivity contribution in [1.29, 1.82) is 0 Å². The largest absolute Gasteiger partial charge is 0.260 e. The minimum atomic E-state index is -2.25. The number of halogens is 5. The maximum absolute atomic E-state index is 12.2. The summed E-state index contributed by atoms with van der Waals surface area (Å²) in [4.78, 5) is 2.34. The van der Waals surface area contributed by atoms with Gasteiger partial charge in [-0.3, -0.25) is 0 Å². The zero-order valence-electron chi connectivity index (χ0n) is 5.34. The number of hydrogen-bond donors (Lipinski definition) is 0. The fourth-order valence-corrected chi connectivity index (χ4v) is 0.480. The zero-order valence-corrected chi connectivity index (χ0v) is 5.34. The SMILES string of the molecule is FC1=C=NC(F)=C(F)C(F)=C1F. The fourth-order valence-electron chi connectivity index (χ4n) is 0.480. The van der Waals surface area contributed by atoms with Crippen molar-refractivity contribution in [3.05, 3.63) is 29.3 Å². The molecule has 1 aliphatic rings. The molecule has 0 fully saturated rings. The van der Waals surface area contributed by atoms with Crippen molar-refractivity contribution >= 4 is 5.87 Å². The third kappa shape index (κ3) is 1.29. The molecule has 0 saturated carbocycles. The molecule has 0 amide bonds. The van der Waals surface area contributed by atoms with Gasteiger partial charge in [0.15, 0.2) is 0 Å². The lowest BCUT2D eigenvalue weighted by molar-refractivity contribution is 0.454. The molecule has 0 saturated heterocycles. The van der Waals surface area contributed by atoms with Crippen molar-refractivity contribution in [2.75, 3.05) is 0 Å². The molecule has 0 bridgehead atoms. The third-order valence-corrected chi connectivity index (χ3v) is 1.01. The van der Waals surface area contributed by atoms with Crippen LogP contribution in [0.15, 0.2) is 34.3 Å². The van der Waals surface area contributed by atoms with Gasteiger partial charge in [-0.1, -0.05) is 0 Å². The van der Waals surface area contributed by atoms with Gasteiger partial charge in [-0.2, -0.15) is 22.6 Å². The van der Waals surface area contributed by atoms with E-state index in [-0.39, 0.29) is 0 Å². The molecular formula is C6F5N. The van der Waals surface area contributed by atoms with E-state index in [2.05, 4.69) is 4.99 Å². The van der Waals surface area contributed by atoms with Gasteiger partial charge in [-0.25, -0.2) is 4.39 Å². The summed E-state index contributed by atoms with van der Waals surface area (Å²) >= 11 is 0. The van der Waals surface area contributed by atoms with Gasteiger partial charge in [0, 0.05) is 5.87 Å². The van der Waals surface area contributed by atoms with Gasteiger partial charge in [0.25, 0.3) is 5.95 Å². The molecule has 0 aromatic rings. The Balaban J connectivity index is 3.39. The first-order chi connectivity index (χ1) is 5.54. The quantitative estimate of drug-likeness (QED) is 0.402. The van der Waals surface area contributed by atoms with Crippen LogP contribution in [-0.4, -0.2) is 5.87 Å². The van der Waals surface area contributed by atoms with E-state index in [9.17, 15) is 22.0 Å². The average Bonchev–Trinajstić information content (AvgIpc) is 2.14. The number of allylic oxidation sites excluding steroid dienone is 4. The van der Waals surface area contributed by atoms with Crippen LogP contribution in [0, 0.1) is 0 Å². The summed E-state index contributed by atoms with van der Waals surface area (Å²) in [7, 11) is 0. The van der Waals surface area contributed by atoms with Crippen molar-refractivity contribution in [1.82, 2.24) is 0 Å². The molecule has 1 nitrogen and oxygen atoms in total. The van der Waals surface area contributed by atoms with Gasteiger partial charge >= 0.3 is 0 Å². The van der Waals surface area contributed by atoms with Gasteiger partial charge in [-0.15, -0.1) is 0 Å². The van der Waals surface area contributed by atoms with Crippen LogP contribution >= 0.6 is 0 Å². The van der Waals surface area contributed by atoms with Crippen LogP contribution in [0.25, 0.3) is 0 Å². The standard InChI is InChI=1S/C6F5N/c7-2-1-12-6(11)5(10)4(9)3(2)8. The highest BCUT2D eigenvalue weighted by Crippen LogP contribution is 2.28. The maximum Gasteiger partial charge on any atom is 0.260 e. The van der Waals surface area contributed by atoms with Crippen molar-refractivity contribution in [2.24, 2.45) is 4.99 Å². The van der Waals surface area contributed by atoms with Gasteiger partial charge in [0.2, 0.25) is 23.3 Å². The van der Waals surface area contributed by atoms with Crippen molar-refractivity contribution in [2.45, 2.75) is 0 Å². The molecule has 64 valence electrons. The molecule has 0 aromatic heterocycles. The zero-order chi connectivity index (χ0) is 9.30. The first-order valence-corrected chi connectivity index (χ1v) is 2.64. The summed E-state index contributed by atoms with van der Waals surface area (Å²) in [6.07, 6.45) is 0. The van der Waals surface area contributed by atoms with E-state index in [1.807, 2.05) is 0 Å². The summed E-state index contributed by atoms with van der Waals surface area (Å²) < 4.78 is 60.8. The predicted molar refractivity (Wildman–Crippen MR) is 30.5 cm³/mol. The van der Waals surface area contributed by atoms with Gasteiger partial charge in [0.05, 0.1) is 0 Å². The molecule has 1 aliphatic heterocycles. The predicted octanol–water partition coefficient (Wildman–Crippen LogP) is 2.78. The first-order valence-electron chi connectivity index (χ1n) is 2.64. The topological polar surface area (TPSA) is 12.4 Å². The first kappa shape index (κ1) is 8.67. The molecule has 0 spiro atoms. The van der Waals surface area contributed by atoms with Gasteiger partial charge < -0.3 is 0 Å². The molecule has 12 heavy (non-hydrogen) atoms. The summed E-state index contributed by atoms with van der Waals surface area (Å²) in [5.41, 5.74) is 0. The molecule has 6 heteroatoms. The summed E-state index contributed by atoms with van der Waals surface area (Å²) in [6.45, 7) is 0. The fraction of sp³-hybridized carbons (Fsp3) is 0. The average molecular weight is 181 g/mol. The van der Waals surface area contributed by atoms with E-state index in [0.29, 0.717) is 0 Å². The lowest BCUT2D eigenvalue weighted by atomic mass is 10.4. The highest BCUT2D eigenvalue weighted by Gasteiger charge is 2.22.